The summed E-state index contributed by atoms with van der Waals surface area (Å²) >= 11 is 3.20. The van der Waals surface area contributed by atoms with Crippen molar-refractivity contribution in [3.05, 3.63) is 77.2 Å². The van der Waals surface area contributed by atoms with Gasteiger partial charge < -0.3 is 4.90 Å². The summed E-state index contributed by atoms with van der Waals surface area (Å²) in [4.78, 5) is 28.9. The zero-order chi connectivity index (χ0) is 23.7. The number of amides is 1. The van der Waals surface area contributed by atoms with E-state index in [9.17, 15) is 4.79 Å². The fourth-order valence-corrected chi connectivity index (χ4v) is 5.79. The van der Waals surface area contributed by atoms with Crippen molar-refractivity contribution in [3.63, 3.8) is 0 Å². The van der Waals surface area contributed by atoms with Crippen LogP contribution in [0.4, 0.5) is 5.13 Å². The van der Waals surface area contributed by atoms with E-state index in [0.717, 1.165) is 49.8 Å². The summed E-state index contributed by atoms with van der Waals surface area (Å²) in [5, 5.41) is 3.63. The number of halogens is 1. The van der Waals surface area contributed by atoms with E-state index in [2.05, 4.69) is 38.1 Å². The summed E-state index contributed by atoms with van der Waals surface area (Å²) < 4.78 is 1.10. The summed E-state index contributed by atoms with van der Waals surface area (Å²) in [5.74, 6) is -0.0362. The molecular weight excluding hydrogens is 496 g/mol. The molecule has 0 atom stereocenters. The number of thiophene rings is 1. The Morgan fingerprint density at radius 3 is 2.54 bits per heavy atom. The van der Waals surface area contributed by atoms with Gasteiger partial charge in [0.05, 0.1) is 31.9 Å². The van der Waals surface area contributed by atoms with Crippen molar-refractivity contribution in [1.29, 1.82) is 0 Å². The molecule has 5 rings (SSSR count). The number of para-hydroxylation sites is 1. The van der Waals surface area contributed by atoms with Crippen LogP contribution in [0.25, 0.3) is 31.7 Å². The molecule has 0 aliphatic rings. The van der Waals surface area contributed by atoms with Gasteiger partial charge in [-0.3, -0.25) is 9.69 Å². The maximum Gasteiger partial charge on any atom is 0.260 e. The molecule has 3 aromatic heterocycles. The van der Waals surface area contributed by atoms with Crippen LogP contribution in [0, 0.1) is 6.92 Å². The number of carbonyl (C=O) groups excluding carboxylic acids is 1. The molecule has 0 aliphatic heterocycles. The largest absolute Gasteiger partial charge is 0.309 e. The molecule has 2 aromatic carbocycles. The van der Waals surface area contributed by atoms with E-state index in [1.54, 1.807) is 22.7 Å². The van der Waals surface area contributed by atoms with Gasteiger partial charge in [0.1, 0.15) is 0 Å². The summed E-state index contributed by atoms with van der Waals surface area (Å²) in [7, 11) is 4.10. The first-order valence-electron chi connectivity index (χ1n) is 11.3. The highest BCUT2D eigenvalue weighted by molar-refractivity contribution is 7.22. The van der Waals surface area contributed by atoms with Crippen LogP contribution in [-0.2, 0) is 0 Å². The SMILES string of the molecule is Cc1ccc2nc(N(CCCN(C)C)C(=O)c3cc(-c4cccs4)nc4ccccc34)sc2c1.Cl. The number of fused-ring (bicyclic) bond motifs is 2. The van der Waals surface area contributed by atoms with Crippen molar-refractivity contribution >= 4 is 67.2 Å². The van der Waals surface area contributed by atoms with E-state index < -0.39 is 0 Å². The second-order valence-electron chi connectivity index (χ2n) is 8.63. The van der Waals surface area contributed by atoms with Crippen LogP contribution in [0.2, 0.25) is 0 Å². The van der Waals surface area contributed by atoms with Gasteiger partial charge in [0.25, 0.3) is 5.91 Å². The van der Waals surface area contributed by atoms with Crippen molar-refractivity contribution < 1.29 is 4.79 Å². The number of hydrogen-bond acceptors (Lipinski definition) is 6. The summed E-state index contributed by atoms with van der Waals surface area (Å²) in [6, 6.07) is 20.1. The van der Waals surface area contributed by atoms with Crippen molar-refractivity contribution in [2.24, 2.45) is 0 Å². The van der Waals surface area contributed by atoms with Gasteiger partial charge >= 0.3 is 0 Å². The maximum atomic E-state index is 14.2. The third-order valence-corrected chi connectivity index (χ3v) is 7.65. The number of aryl methyl sites for hydroxylation is 1. The summed E-state index contributed by atoms with van der Waals surface area (Å²) in [6.45, 7) is 3.57. The van der Waals surface area contributed by atoms with Crippen LogP contribution in [0.3, 0.4) is 0 Å². The highest BCUT2D eigenvalue weighted by atomic mass is 35.5. The predicted octanol–water partition coefficient (Wildman–Crippen LogP) is 6.90. The Kier molecular flexibility index (Phi) is 7.82. The van der Waals surface area contributed by atoms with Crippen molar-refractivity contribution in [2.45, 2.75) is 13.3 Å². The number of aromatic nitrogens is 2. The number of pyridine rings is 1. The van der Waals surface area contributed by atoms with Gasteiger partial charge in [0.15, 0.2) is 5.13 Å². The fourth-order valence-electron chi connectivity index (χ4n) is 4.01. The number of rotatable bonds is 7. The van der Waals surface area contributed by atoms with Gasteiger partial charge in [-0.2, -0.15) is 0 Å². The van der Waals surface area contributed by atoms with Gasteiger partial charge in [0.2, 0.25) is 0 Å². The van der Waals surface area contributed by atoms with E-state index in [1.807, 2.05) is 58.8 Å². The average molecular weight is 523 g/mol. The Morgan fingerprint density at radius 1 is 0.943 bits per heavy atom. The van der Waals surface area contributed by atoms with Gasteiger partial charge in [0, 0.05) is 11.9 Å². The lowest BCUT2D eigenvalue weighted by molar-refractivity contribution is 0.0987. The molecular formula is C27H27ClN4OS2. The van der Waals surface area contributed by atoms with Crippen LogP contribution in [0.1, 0.15) is 22.3 Å². The molecule has 5 nitrogen and oxygen atoms in total. The number of benzene rings is 2. The molecule has 8 heteroatoms. The van der Waals surface area contributed by atoms with E-state index in [1.165, 1.54) is 5.56 Å². The van der Waals surface area contributed by atoms with E-state index in [-0.39, 0.29) is 18.3 Å². The van der Waals surface area contributed by atoms with Crippen LogP contribution >= 0.6 is 35.1 Å². The molecule has 0 bridgehead atoms. The first kappa shape index (κ1) is 25.3. The zero-order valence-corrected chi connectivity index (χ0v) is 22.3. The molecule has 0 spiro atoms. The van der Waals surface area contributed by atoms with Crippen molar-refractivity contribution in [2.75, 3.05) is 32.1 Å². The monoisotopic (exact) mass is 522 g/mol. The minimum Gasteiger partial charge on any atom is -0.309 e. The van der Waals surface area contributed by atoms with Gasteiger partial charge in [-0.25, -0.2) is 9.97 Å². The molecule has 0 fully saturated rings. The lowest BCUT2D eigenvalue weighted by Gasteiger charge is -2.22. The second-order valence-corrected chi connectivity index (χ2v) is 10.6. The molecule has 0 radical (unpaired) electrons. The summed E-state index contributed by atoms with van der Waals surface area (Å²) in [6.07, 6.45) is 0.856. The predicted molar refractivity (Wildman–Crippen MR) is 152 cm³/mol. The van der Waals surface area contributed by atoms with Crippen LogP contribution in [-0.4, -0.2) is 48.0 Å². The summed E-state index contributed by atoms with van der Waals surface area (Å²) in [5.41, 5.74) is 4.42. The molecule has 0 unspecified atom stereocenters. The third-order valence-electron chi connectivity index (χ3n) is 5.72. The van der Waals surface area contributed by atoms with Gasteiger partial charge in [-0.05, 0) is 75.3 Å². The van der Waals surface area contributed by atoms with Crippen LogP contribution < -0.4 is 4.90 Å². The topological polar surface area (TPSA) is 49.3 Å². The fraction of sp³-hybridized carbons (Fsp3) is 0.222. The Bertz CT molecular complexity index is 1460. The number of thiazole rings is 1. The normalized spacial score (nSPS) is 11.2. The number of nitrogens with zero attached hydrogens (tertiary/aromatic N) is 4. The standard InChI is InChI=1S/C27H26N4OS2.ClH/c1-18-11-12-22-25(16-18)34-27(29-22)31(14-7-13-30(2)3)26(32)20-17-23(24-10-6-15-33-24)28-21-9-5-4-8-19(20)21;/h4-6,8-12,15-17H,7,13-14H2,1-3H3;1H. The van der Waals surface area contributed by atoms with E-state index in [4.69, 9.17) is 9.97 Å². The first-order valence-corrected chi connectivity index (χ1v) is 13.0. The number of carbonyl (C=O) groups is 1. The number of hydrogen-bond donors (Lipinski definition) is 0. The molecule has 180 valence electrons. The Labute approximate surface area is 219 Å². The quantitative estimate of drug-likeness (QED) is 0.233. The smallest absolute Gasteiger partial charge is 0.260 e. The molecule has 5 aromatic rings. The maximum absolute atomic E-state index is 14.2. The average Bonchev–Trinajstić information content (AvgIpc) is 3.50. The molecule has 1 amide bonds. The number of anilines is 1. The highest BCUT2D eigenvalue weighted by Crippen LogP contribution is 2.33. The minimum atomic E-state index is -0.0362. The molecule has 0 saturated heterocycles. The van der Waals surface area contributed by atoms with Crippen molar-refractivity contribution in [1.82, 2.24) is 14.9 Å². The third kappa shape index (κ3) is 5.38. The first-order chi connectivity index (χ1) is 16.5. The molecule has 35 heavy (non-hydrogen) atoms. The second kappa shape index (κ2) is 10.8. The zero-order valence-electron chi connectivity index (χ0n) is 19.9. The van der Waals surface area contributed by atoms with Crippen LogP contribution in [0.15, 0.2) is 66.0 Å². The van der Waals surface area contributed by atoms with E-state index in [0.29, 0.717) is 12.1 Å². The van der Waals surface area contributed by atoms with Crippen molar-refractivity contribution in [3.8, 4) is 10.6 Å². The van der Waals surface area contributed by atoms with Gasteiger partial charge in [-0.1, -0.05) is 41.7 Å². The Morgan fingerprint density at radius 2 is 1.77 bits per heavy atom. The molecule has 0 aliphatic carbocycles. The highest BCUT2D eigenvalue weighted by Gasteiger charge is 2.24. The lowest BCUT2D eigenvalue weighted by Crippen LogP contribution is -2.33. The van der Waals surface area contributed by atoms with Gasteiger partial charge in [-0.15, -0.1) is 23.7 Å². The molecule has 0 saturated carbocycles. The minimum absolute atomic E-state index is 0. The Hall–Kier alpha value is -2.84. The van der Waals surface area contributed by atoms with Crippen LogP contribution in [0.5, 0.6) is 0 Å². The molecule has 0 N–H and O–H groups in total. The molecule has 3 heterocycles. The van der Waals surface area contributed by atoms with E-state index >= 15 is 0 Å². The lowest BCUT2D eigenvalue weighted by atomic mass is 10.1. The Balaban J connectivity index is 0.00000289.